The lowest BCUT2D eigenvalue weighted by atomic mass is 10.2. The second-order valence-corrected chi connectivity index (χ2v) is 6.40. The molecule has 1 rings (SSSR count). The maximum Gasteiger partial charge on any atom is 0.251 e. The number of carbonyl (C=O) groups is 2. The zero-order valence-corrected chi connectivity index (χ0v) is 14.4. The minimum atomic E-state index is -0.222. The van der Waals surface area contributed by atoms with Crippen LogP contribution < -0.4 is 10.6 Å². The van der Waals surface area contributed by atoms with Gasteiger partial charge in [-0.15, -0.1) is 0 Å². The maximum absolute atomic E-state index is 11.9. The molecule has 0 fully saturated rings. The van der Waals surface area contributed by atoms with E-state index in [1.54, 1.807) is 18.2 Å². The van der Waals surface area contributed by atoms with Crippen molar-refractivity contribution in [2.45, 2.75) is 20.3 Å². The van der Waals surface area contributed by atoms with Crippen LogP contribution in [0.15, 0.2) is 18.2 Å². The van der Waals surface area contributed by atoms with Gasteiger partial charge in [0.15, 0.2) is 0 Å². The molecule has 0 aliphatic rings. The highest BCUT2D eigenvalue weighted by Gasteiger charge is 2.08. The Labute approximate surface area is 137 Å². The number of hydrogen-bond donors (Lipinski definition) is 2. The summed E-state index contributed by atoms with van der Waals surface area (Å²) in [6, 6.07) is 5.12. The van der Waals surface area contributed by atoms with Gasteiger partial charge in [0.25, 0.3) is 5.91 Å². The van der Waals surface area contributed by atoms with Crippen molar-refractivity contribution in [1.29, 1.82) is 0 Å². The summed E-state index contributed by atoms with van der Waals surface area (Å²) in [6.45, 7) is 5.02. The standard InChI is InChI=1S/C14H18ClIN2O2/c1-9(2)8-18-13(19)5-6-17-14(20)10-3-4-12(16)11(15)7-10/h3-4,7,9H,5-6,8H2,1-2H3,(H,17,20)(H,18,19). The predicted molar refractivity (Wildman–Crippen MR) is 89.0 cm³/mol. The van der Waals surface area contributed by atoms with Crippen LogP contribution in [0.1, 0.15) is 30.6 Å². The van der Waals surface area contributed by atoms with Crippen LogP contribution in [-0.2, 0) is 4.79 Å². The normalized spacial score (nSPS) is 10.4. The zero-order chi connectivity index (χ0) is 15.1. The fourth-order valence-corrected chi connectivity index (χ4v) is 1.95. The topological polar surface area (TPSA) is 58.2 Å². The van der Waals surface area contributed by atoms with E-state index < -0.39 is 0 Å². The minimum Gasteiger partial charge on any atom is -0.356 e. The van der Waals surface area contributed by atoms with E-state index in [0.717, 1.165) is 3.57 Å². The van der Waals surface area contributed by atoms with Gasteiger partial charge in [-0.1, -0.05) is 25.4 Å². The van der Waals surface area contributed by atoms with E-state index in [9.17, 15) is 9.59 Å². The van der Waals surface area contributed by atoms with Crippen LogP contribution >= 0.6 is 34.2 Å². The zero-order valence-electron chi connectivity index (χ0n) is 11.5. The number of nitrogens with one attached hydrogen (secondary N) is 2. The molecule has 0 aliphatic carbocycles. The van der Waals surface area contributed by atoms with Gasteiger partial charge < -0.3 is 10.6 Å². The summed E-state index contributed by atoms with van der Waals surface area (Å²) in [5.74, 6) is 0.141. The Hall–Kier alpha value is -0.820. The van der Waals surface area contributed by atoms with Gasteiger partial charge in [0.05, 0.1) is 5.02 Å². The summed E-state index contributed by atoms with van der Waals surface area (Å²) < 4.78 is 0.897. The molecule has 0 radical (unpaired) electrons. The third-order valence-corrected chi connectivity index (χ3v) is 4.10. The first-order valence-electron chi connectivity index (χ1n) is 6.40. The maximum atomic E-state index is 11.9. The van der Waals surface area contributed by atoms with Gasteiger partial charge in [0, 0.05) is 28.6 Å². The second kappa shape index (κ2) is 8.46. The highest BCUT2D eigenvalue weighted by atomic mass is 127. The Bertz CT molecular complexity index is 492. The third kappa shape index (κ3) is 6.09. The van der Waals surface area contributed by atoms with Crippen LogP contribution in [0.5, 0.6) is 0 Å². The molecule has 0 saturated heterocycles. The van der Waals surface area contributed by atoms with Gasteiger partial charge in [-0.3, -0.25) is 9.59 Å². The second-order valence-electron chi connectivity index (χ2n) is 4.83. The van der Waals surface area contributed by atoms with Gasteiger partial charge in [-0.05, 0) is 46.7 Å². The van der Waals surface area contributed by atoms with Gasteiger partial charge in [0.2, 0.25) is 5.91 Å². The molecule has 110 valence electrons. The molecular formula is C14H18ClIN2O2. The highest BCUT2D eigenvalue weighted by molar-refractivity contribution is 14.1. The average molecular weight is 409 g/mol. The Balaban J connectivity index is 2.36. The van der Waals surface area contributed by atoms with Gasteiger partial charge in [-0.25, -0.2) is 0 Å². The summed E-state index contributed by atoms with van der Waals surface area (Å²) >= 11 is 8.06. The summed E-state index contributed by atoms with van der Waals surface area (Å²) in [5, 5.41) is 6.05. The summed E-state index contributed by atoms with van der Waals surface area (Å²) in [7, 11) is 0. The van der Waals surface area contributed by atoms with Crippen LogP contribution in [-0.4, -0.2) is 24.9 Å². The molecule has 6 heteroatoms. The van der Waals surface area contributed by atoms with E-state index in [1.165, 1.54) is 0 Å². The van der Waals surface area contributed by atoms with Crippen molar-refractivity contribution in [2.75, 3.05) is 13.1 Å². The number of hydrogen-bond acceptors (Lipinski definition) is 2. The number of benzene rings is 1. The van der Waals surface area contributed by atoms with Crippen LogP contribution in [0.25, 0.3) is 0 Å². The van der Waals surface area contributed by atoms with Gasteiger partial charge >= 0.3 is 0 Å². The van der Waals surface area contributed by atoms with E-state index in [4.69, 9.17) is 11.6 Å². The molecule has 0 aliphatic heterocycles. The summed E-state index contributed by atoms with van der Waals surface area (Å²) in [4.78, 5) is 23.3. The molecule has 0 spiro atoms. The molecule has 0 heterocycles. The highest BCUT2D eigenvalue weighted by Crippen LogP contribution is 2.19. The number of amides is 2. The fraction of sp³-hybridized carbons (Fsp3) is 0.429. The molecule has 1 aromatic rings. The van der Waals surface area contributed by atoms with Gasteiger partial charge in [0.1, 0.15) is 0 Å². The van der Waals surface area contributed by atoms with E-state index in [1.807, 2.05) is 13.8 Å². The van der Waals surface area contributed by atoms with Crippen molar-refractivity contribution in [3.8, 4) is 0 Å². The lowest BCUT2D eigenvalue weighted by Gasteiger charge is -2.08. The first-order valence-corrected chi connectivity index (χ1v) is 7.85. The summed E-state index contributed by atoms with van der Waals surface area (Å²) in [6.07, 6.45) is 0.274. The Morgan fingerprint density at radius 2 is 2.00 bits per heavy atom. The lowest BCUT2D eigenvalue weighted by Crippen LogP contribution is -2.32. The van der Waals surface area contributed by atoms with Crippen LogP contribution in [0.3, 0.4) is 0 Å². The fourth-order valence-electron chi connectivity index (χ4n) is 1.44. The largest absolute Gasteiger partial charge is 0.356 e. The van der Waals surface area contributed by atoms with Crippen molar-refractivity contribution in [1.82, 2.24) is 10.6 Å². The first-order chi connectivity index (χ1) is 9.40. The van der Waals surface area contributed by atoms with Crippen molar-refractivity contribution < 1.29 is 9.59 Å². The molecule has 2 N–H and O–H groups in total. The van der Waals surface area contributed by atoms with Crippen molar-refractivity contribution in [2.24, 2.45) is 5.92 Å². The van der Waals surface area contributed by atoms with Gasteiger partial charge in [-0.2, -0.15) is 0 Å². The summed E-state index contributed by atoms with van der Waals surface area (Å²) in [5.41, 5.74) is 0.498. The van der Waals surface area contributed by atoms with Crippen molar-refractivity contribution in [3.05, 3.63) is 32.4 Å². The Kier molecular flexibility index (Phi) is 7.29. The molecule has 0 bridgehead atoms. The smallest absolute Gasteiger partial charge is 0.251 e. The number of carbonyl (C=O) groups excluding carboxylic acids is 2. The molecular weight excluding hydrogens is 391 g/mol. The quantitative estimate of drug-likeness (QED) is 0.711. The Morgan fingerprint density at radius 1 is 1.30 bits per heavy atom. The molecule has 2 amide bonds. The monoisotopic (exact) mass is 408 g/mol. The van der Waals surface area contributed by atoms with E-state index in [0.29, 0.717) is 29.6 Å². The first kappa shape index (κ1) is 17.2. The minimum absolute atomic E-state index is 0.0559. The van der Waals surface area contributed by atoms with Crippen LogP contribution in [0.2, 0.25) is 5.02 Å². The number of rotatable bonds is 6. The molecule has 1 aromatic carbocycles. The SMILES string of the molecule is CC(C)CNC(=O)CCNC(=O)c1ccc(I)c(Cl)c1. The van der Waals surface area contributed by atoms with E-state index in [-0.39, 0.29) is 18.2 Å². The van der Waals surface area contributed by atoms with Crippen molar-refractivity contribution >= 4 is 46.0 Å². The Morgan fingerprint density at radius 3 is 2.60 bits per heavy atom. The van der Waals surface area contributed by atoms with Crippen LogP contribution in [0.4, 0.5) is 0 Å². The molecule has 0 aromatic heterocycles. The predicted octanol–water partition coefficient (Wildman–Crippen LogP) is 2.84. The van der Waals surface area contributed by atoms with Crippen LogP contribution in [0, 0.1) is 9.49 Å². The van der Waals surface area contributed by atoms with E-state index >= 15 is 0 Å². The van der Waals surface area contributed by atoms with Crippen molar-refractivity contribution in [3.63, 3.8) is 0 Å². The third-order valence-electron chi connectivity index (χ3n) is 2.53. The molecule has 4 nitrogen and oxygen atoms in total. The lowest BCUT2D eigenvalue weighted by molar-refractivity contribution is -0.121. The van der Waals surface area contributed by atoms with E-state index in [2.05, 4.69) is 33.2 Å². The molecule has 0 atom stereocenters. The average Bonchev–Trinajstić information content (AvgIpc) is 2.39. The molecule has 0 saturated carbocycles. The number of halogens is 2. The molecule has 0 unspecified atom stereocenters. The molecule has 20 heavy (non-hydrogen) atoms.